The lowest BCUT2D eigenvalue weighted by Gasteiger charge is -2.24. The van der Waals surface area contributed by atoms with Gasteiger partial charge in [0.05, 0.1) is 12.4 Å². The van der Waals surface area contributed by atoms with Crippen LogP contribution in [0.3, 0.4) is 0 Å². The molecule has 2 amide bonds. The number of nitrogens with two attached hydrogens (primary N) is 1. The van der Waals surface area contributed by atoms with Crippen molar-refractivity contribution in [2.24, 2.45) is 11.0 Å². The molecule has 72 valence electrons. The van der Waals surface area contributed by atoms with Crippen LogP contribution in [-0.4, -0.2) is 30.1 Å². The maximum atomic E-state index is 10.8. The van der Waals surface area contributed by atoms with Crippen molar-refractivity contribution < 1.29 is 9.63 Å². The van der Waals surface area contributed by atoms with Gasteiger partial charge >= 0.3 is 6.03 Å². The Balaban J connectivity index is 2.54. The Bertz CT molecular complexity index is 258. The van der Waals surface area contributed by atoms with Gasteiger partial charge in [-0.25, -0.2) is 16.1 Å². The van der Waals surface area contributed by atoms with Crippen LogP contribution in [0, 0.1) is 0 Å². The van der Waals surface area contributed by atoms with Crippen LogP contribution >= 0.6 is 0 Å². The maximum absolute atomic E-state index is 10.8. The van der Waals surface area contributed by atoms with Crippen molar-refractivity contribution in [1.82, 2.24) is 15.9 Å². The zero-order chi connectivity index (χ0) is 9.68. The first-order valence-electron chi connectivity index (χ1n) is 3.76. The third-order valence-electron chi connectivity index (χ3n) is 1.28. The third kappa shape index (κ3) is 2.66. The number of rotatable bonds is 2. The van der Waals surface area contributed by atoms with Crippen LogP contribution in [0.15, 0.2) is 10.9 Å². The predicted molar refractivity (Wildman–Crippen MR) is 45.1 cm³/mol. The maximum Gasteiger partial charge on any atom is 0.350 e. The van der Waals surface area contributed by atoms with Gasteiger partial charge in [-0.3, -0.25) is 10.4 Å². The number of carbonyl (C=O) groups is 1. The minimum atomic E-state index is -0.401. The zero-order valence-electron chi connectivity index (χ0n) is 7.20. The average Bonchev–Trinajstić information content (AvgIpc) is 2.12. The van der Waals surface area contributed by atoms with Crippen molar-refractivity contribution in [3.05, 3.63) is 5.70 Å². The van der Waals surface area contributed by atoms with Gasteiger partial charge in [-0.2, -0.15) is 0 Å². The Hall–Kier alpha value is -1.72. The molecule has 0 unspecified atom stereocenters. The highest BCUT2D eigenvalue weighted by molar-refractivity contribution is 5.76. The fourth-order valence-corrected chi connectivity index (χ4v) is 0.698. The topological polar surface area (TPSA) is 92.0 Å². The molecule has 0 aliphatic carbocycles. The van der Waals surface area contributed by atoms with E-state index in [1.54, 1.807) is 6.92 Å². The minimum Gasteiger partial charge on any atom is -0.389 e. The number of hydrogen-bond acceptors (Lipinski definition) is 5. The molecule has 0 saturated carbocycles. The monoisotopic (exact) mass is 185 g/mol. The highest BCUT2D eigenvalue weighted by Crippen LogP contribution is 1.92. The van der Waals surface area contributed by atoms with Gasteiger partial charge in [0.15, 0.2) is 0 Å². The first-order chi connectivity index (χ1) is 6.24. The molecule has 7 heteroatoms. The molecule has 0 radical (unpaired) electrons. The van der Waals surface area contributed by atoms with E-state index in [1.807, 2.05) is 0 Å². The molecule has 4 N–H and O–H groups in total. The van der Waals surface area contributed by atoms with Crippen molar-refractivity contribution in [3.8, 4) is 0 Å². The quantitative estimate of drug-likeness (QED) is 0.220. The fourth-order valence-electron chi connectivity index (χ4n) is 0.698. The van der Waals surface area contributed by atoms with Crippen LogP contribution in [0.1, 0.15) is 6.92 Å². The summed E-state index contributed by atoms with van der Waals surface area (Å²) in [7, 11) is 0. The molecule has 0 atom stereocenters. The van der Waals surface area contributed by atoms with E-state index in [4.69, 9.17) is 5.84 Å². The van der Waals surface area contributed by atoms with E-state index >= 15 is 0 Å². The lowest BCUT2D eigenvalue weighted by atomic mass is 10.4. The van der Waals surface area contributed by atoms with E-state index in [-0.39, 0.29) is 6.54 Å². The number of hydrazine groups is 2. The van der Waals surface area contributed by atoms with Gasteiger partial charge in [0.1, 0.15) is 12.3 Å². The molecule has 1 saturated heterocycles. The lowest BCUT2D eigenvalue weighted by Crippen LogP contribution is -2.56. The number of hydrogen-bond donors (Lipinski definition) is 3. The Morgan fingerprint density at radius 3 is 3.15 bits per heavy atom. The molecule has 13 heavy (non-hydrogen) atoms. The minimum absolute atomic E-state index is 0.225. The lowest BCUT2D eigenvalue weighted by molar-refractivity contribution is 0.160. The van der Waals surface area contributed by atoms with Crippen molar-refractivity contribution in [2.75, 3.05) is 13.2 Å². The van der Waals surface area contributed by atoms with Crippen LogP contribution in [0.4, 0.5) is 4.79 Å². The summed E-state index contributed by atoms with van der Waals surface area (Å²) in [6.07, 6.45) is 0. The number of amides is 2. The summed E-state index contributed by atoms with van der Waals surface area (Å²) in [6.45, 7) is 2.50. The van der Waals surface area contributed by atoms with Crippen LogP contribution in [0.5, 0.6) is 0 Å². The van der Waals surface area contributed by atoms with Crippen molar-refractivity contribution in [1.29, 1.82) is 0 Å². The van der Waals surface area contributed by atoms with E-state index in [0.717, 1.165) is 5.01 Å². The summed E-state index contributed by atoms with van der Waals surface area (Å²) in [6, 6.07) is -0.401. The first-order valence-corrected chi connectivity index (χ1v) is 3.76. The molecule has 0 spiro atoms. The van der Waals surface area contributed by atoms with Gasteiger partial charge in [0, 0.05) is 0 Å². The van der Waals surface area contributed by atoms with Gasteiger partial charge in [-0.05, 0) is 12.1 Å². The molecule has 0 aromatic heterocycles. The number of nitrogens with one attached hydrogen (secondary N) is 2. The molecule has 0 aromatic rings. The van der Waals surface area contributed by atoms with E-state index in [9.17, 15) is 4.79 Å². The molecule has 1 aliphatic heterocycles. The highest BCUT2D eigenvalue weighted by atomic mass is 16.6. The Morgan fingerprint density at radius 1 is 1.77 bits per heavy atom. The first kappa shape index (κ1) is 9.37. The van der Waals surface area contributed by atoms with E-state index in [2.05, 4.69) is 26.7 Å². The second-order valence-corrected chi connectivity index (χ2v) is 2.28. The number of carbonyl (C=O) groups excluding carboxylic acids is 1. The Kier molecular flexibility index (Phi) is 3.13. The highest BCUT2D eigenvalue weighted by Gasteiger charge is 2.16. The SMILES string of the molecule is CCON=C=C1CN(N)C(=O)NN1. The molecule has 1 rings (SSSR count). The molecule has 7 nitrogen and oxygen atoms in total. The molecule has 0 bridgehead atoms. The van der Waals surface area contributed by atoms with Crippen molar-refractivity contribution in [2.45, 2.75) is 6.92 Å². The summed E-state index contributed by atoms with van der Waals surface area (Å²) in [5, 5.41) is 4.49. The molecule has 1 heterocycles. The van der Waals surface area contributed by atoms with Crippen molar-refractivity contribution >= 4 is 11.9 Å². The molecular weight excluding hydrogens is 174 g/mol. The number of nitrogens with zero attached hydrogens (tertiary/aromatic N) is 2. The summed E-state index contributed by atoms with van der Waals surface area (Å²) < 4.78 is 0. The van der Waals surface area contributed by atoms with E-state index in [1.165, 1.54) is 0 Å². The Labute approximate surface area is 75.1 Å². The molecular formula is C6H11N5O2. The smallest absolute Gasteiger partial charge is 0.350 e. The van der Waals surface area contributed by atoms with Crippen LogP contribution < -0.4 is 16.7 Å². The second kappa shape index (κ2) is 4.34. The normalized spacial score (nSPS) is 15.7. The van der Waals surface area contributed by atoms with Gasteiger partial charge in [0.25, 0.3) is 0 Å². The van der Waals surface area contributed by atoms with Gasteiger partial charge in [-0.1, -0.05) is 0 Å². The molecule has 1 aliphatic rings. The summed E-state index contributed by atoms with van der Waals surface area (Å²) >= 11 is 0. The standard InChI is InChI=1S/C6H11N5O2/c1-2-13-8-3-5-4-11(7)6(12)10-9-5/h9H,2,4,7H2,1H3,(H,10,12). The summed E-state index contributed by atoms with van der Waals surface area (Å²) in [5.41, 5.74) is 5.41. The zero-order valence-corrected chi connectivity index (χ0v) is 7.20. The third-order valence-corrected chi connectivity index (χ3v) is 1.28. The molecule has 0 aromatic carbocycles. The fraction of sp³-hybridized carbons (Fsp3) is 0.500. The summed E-state index contributed by atoms with van der Waals surface area (Å²) in [4.78, 5) is 15.5. The van der Waals surface area contributed by atoms with E-state index in [0.29, 0.717) is 12.3 Å². The molecule has 1 fully saturated rings. The Morgan fingerprint density at radius 2 is 2.54 bits per heavy atom. The van der Waals surface area contributed by atoms with E-state index < -0.39 is 6.03 Å². The summed E-state index contributed by atoms with van der Waals surface area (Å²) in [5.74, 6) is 7.86. The number of urea groups is 1. The van der Waals surface area contributed by atoms with Crippen LogP contribution in [0.25, 0.3) is 0 Å². The van der Waals surface area contributed by atoms with Crippen molar-refractivity contribution in [3.63, 3.8) is 0 Å². The predicted octanol–water partition coefficient (Wildman–Crippen LogP) is -1.10. The van der Waals surface area contributed by atoms with Gasteiger partial charge in [-0.15, -0.1) is 0 Å². The van der Waals surface area contributed by atoms with Crippen LogP contribution in [-0.2, 0) is 4.84 Å². The second-order valence-electron chi connectivity index (χ2n) is 2.28. The largest absolute Gasteiger partial charge is 0.389 e. The van der Waals surface area contributed by atoms with Gasteiger partial charge < -0.3 is 4.84 Å². The average molecular weight is 185 g/mol. The van der Waals surface area contributed by atoms with Crippen LogP contribution in [0.2, 0.25) is 0 Å². The van der Waals surface area contributed by atoms with Gasteiger partial charge in [0.2, 0.25) is 0 Å².